The van der Waals surface area contributed by atoms with E-state index >= 15 is 0 Å². The van der Waals surface area contributed by atoms with Crippen LogP contribution in [0.4, 0.5) is 11.6 Å². The molecule has 0 fully saturated rings. The maximum atomic E-state index is 4.70. The Bertz CT molecular complexity index is 400. The largest absolute Gasteiger partial charge is 0.370 e. The first-order valence-corrected chi connectivity index (χ1v) is 8.04. The molecule has 1 aromatic rings. The van der Waals surface area contributed by atoms with Crippen LogP contribution in [0.25, 0.3) is 0 Å². The lowest BCUT2D eigenvalue weighted by molar-refractivity contribution is 0.665. The van der Waals surface area contributed by atoms with Gasteiger partial charge >= 0.3 is 0 Å². The average Bonchev–Trinajstić information content (AvgIpc) is 2.46. The van der Waals surface area contributed by atoms with Gasteiger partial charge in [0.05, 0.1) is 0 Å². The van der Waals surface area contributed by atoms with Gasteiger partial charge in [0.2, 0.25) is 0 Å². The van der Waals surface area contributed by atoms with Gasteiger partial charge in [-0.05, 0) is 32.6 Å². The fourth-order valence-electron chi connectivity index (χ4n) is 2.14. The van der Waals surface area contributed by atoms with Crippen LogP contribution >= 0.6 is 0 Å². The van der Waals surface area contributed by atoms with E-state index in [1.165, 1.54) is 0 Å². The van der Waals surface area contributed by atoms with E-state index in [0.29, 0.717) is 6.04 Å². The Balaban J connectivity index is 3.02. The Morgan fingerprint density at radius 2 is 1.60 bits per heavy atom. The van der Waals surface area contributed by atoms with E-state index in [9.17, 15) is 0 Å². The number of aryl methyl sites for hydroxylation is 1. The van der Waals surface area contributed by atoms with Crippen molar-refractivity contribution < 1.29 is 0 Å². The monoisotopic (exact) mass is 278 g/mol. The number of hydrogen-bond donors (Lipinski definition) is 2. The zero-order valence-electron chi connectivity index (χ0n) is 13.7. The number of anilines is 2. The van der Waals surface area contributed by atoms with Gasteiger partial charge in [-0.2, -0.15) is 0 Å². The summed E-state index contributed by atoms with van der Waals surface area (Å²) in [6.07, 6.45) is 5.32. The Morgan fingerprint density at radius 3 is 2.15 bits per heavy atom. The molecule has 4 nitrogen and oxygen atoms in total. The molecular formula is C16H30N4. The molecule has 0 aromatic carbocycles. The predicted molar refractivity (Wildman–Crippen MR) is 87.5 cm³/mol. The van der Waals surface area contributed by atoms with Crippen LogP contribution in [-0.4, -0.2) is 22.6 Å². The third kappa shape index (κ3) is 4.66. The van der Waals surface area contributed by atoms with E-state index in [4.69, 9.17) is 4.98 Å². The van der Waals surface area contributed by atoms with Crippen molar-refractivity contribution in [2.75, 3.05) is 17.2 Å². The number of hydrogen-bond acceptors (Lipinski definition) is 4. The lowest BCUT2D eigenvalue weighted by Gasteiger charge is -2.19. The van der Waals surface area contributed by atoms with E-state index in [0.717, 1.165) is 61.7 Å². The van der Waals surface area contributed by atoms with Crippen LogP contribution in [0, 0.1) is 6.92 Å². The Hall–Kier alpha value is -1.32. The van der Waals surface area contributed by atoms with Crippen LogP contribution in [0.3, 0.4) is 0 Å². The molecule has 114 valence electrons. The molecular weight excluding hydrogens is 248 g/mol. The second-order valence-corrected chi connectivity index (χ2v) is 5.30. The minimum absolute atomic E-state index is 0.483. The van der Waals surface area contributed by atoms with Crippen molar-refractivity contribution in [2.24, 2.45) is 0 Å². The van der Waals surface area contributed by atoms with Crippen molar-refractivity contribution in [1.29, 1.82) is 0 Å². The van der Waals surface area contributed by atoms with Crippen LogP contribution in [0.5, 0.6) is 0 Å². The quantitative estimate of drug-likeness (QED) is 0.712. The van der Waals surface area contributed by atoms with Crippen LogP contribution in [0.15, 0.2) is 0 Å². The summed E-state index contributed by atoms with van der Waals surface area (Å²) in [5.74, 6) is 2.92. The fourth-order valence-corrected chi connectivity index (χ4v) is 2.14. The van der Waals surface area contributed by atoms with Crippen LogP contribution in [0.2, 0.25) is 0 Å². The molecule has 0 spiro atoms. The van der Waals surface area contributed by atoms with E-state index < -0.39 is 0 Å². The number of rotatable bonds is 9. The first-order valence-electron chi connectivity index (χ1n) is 8.04. The minimum Gasteiger partial charge on any atom is -0.370 e. The molecule has 1 heterocycles. The van der Waals surface area contributed by atoms with E-state index in [-0.39, 0.29) is 0 Å². The summed E-state index contributed by atoms with van der Waals surface area (Å²) < 4.78 is 0. The van der Waals surface area contributed by atoms with E-state index in [1.54, 1.807) is 0 Å². The lowest BCUT2D eigenvalue weighted by atomic mass is 10.1. The molecule has 2 N–H and O–H groups in total. The highest BCUT2D eigenvalue weighted by molar-refractivity contribution is 5.57. The zero-order valence-corrected chi connectivity index (χ0v) is 13.7. The summed E-state index contributed by atoms with van der Waals surface area (Å²) in [6.45, 7) is 11.8. The standard InChI is InChI=1S/C16H30N4/c1-6-10-14-19-15(17-11-7-2)12(5)16(20-14)18-13(8-3)9-4/h13H,6-11H2,1-5H3,(H2,17,18,19,20). The second-order valence-electron chi connectivity index (χ2n) is 5.30. The molecule has 0 aliphatic rings. The molecule has 20 heavy (non-hydrogen) atoms. The van der Waals surface area contributed by atoms with Gasteiger partial charge in [0.1, 0.15) is 17.5 Å². The molecule has 0 saturated carbocycles. The smallest absolute Gasteiger partial charge is 0.134 e. The van der Waals surface area contributed by atoms with Gasteiger partial charge in [-0.3, -0.25) is 0 Å². The molecule has 0 aliphatic heterocycles. The lowest BCUT2D eigenvalue weighted by Crippen LogP contribution is -2.20. The topological polar surface area (TPSA) is 49.8 Å². The van der Waals surface area contributed by atoms with Crippen molar-refractivity contribution in [3.8, 4) is 0 Å². The summed E-state index contributed by atoms with van der Waals surface area (Å²) in [6, 6.07) is 0.483. The third-order valence-electron chi connectivity index (χ3n) is 3.53. The van der Waals surface area contributed by atoms with Crippen molar-refractivity contribution in [3.05, 3.63) is 11.4 Å². The molecule has 0 bridgehead atoms. The van der Waals surface area contributed by atoms with Crippen molar-refractivity contribution >= 4 is 11.6 Å². The minimum atomic E-state index is 0.483. The summed E-state index contributed by atoms with van der Waals surface area (Å²) in [7, 11) is 0. The van der Waals surface area contributed by atoms with Crippen LogP contribution in [-0.2, 0) is 6.42 Å². The molecule has 0 atom stereocenters. The molecule has 0 radical (unpaired) electrons. The maximum absolute atomic E-state index is 4.70. The molecule has 0 amide bonds. The predicted octanol–water partition coefficient (Wildman–Crippen LogP) is 4.16. The first-order chi connectivity index (χ1) is 9.65. The summed E-state index contributed by atoms with van der Waals surface area (Å²) >= 11 is 0. The molecule has 0 saturated heterocycles. The summed E-state index contributed by atoms with van der Waals surface area (Å²) in [5.41, 5.74) is 1.13. The Labute approximate surface area is 123 Å². The van der Waals surface area contributed by atoms with E-state index in [1.807, 2.05) is 0 Å². The van der Waals surface area contributed by atoms with Crippen LogP contribution in [0.1, 0.15) is 64.8 Å². The van der Waals surface area contributed by atoms with Crippen molar-refractivity contribution in [1.82, 2.24) is 9.97 Å². The molecule has 0 aliphatic carbocycles. The summed E-state index contributed by atoms with van der Waals surface area (Å²) in [4.78, 5) is 9.36. The third-order valence-corrected chi connectivity index (χ3v) is 3.53. The fraction of sp³-hybridized carbons (Fsp3) is 0.750. The number of nitrogens with zero attached hydrogens (tertiary/aromatic N) is 2. The number of nitrogens with one attached hydrogen (secondary N) is 2. The van der Waals surface area contributed by atoms with Gasteiger partial charge in [-0.1, -0.05) is 27.7 Å². The van der Waals surface area contributed by atoms with Gasteiger partial charge in [-0.15, -0.1) is 0 Å². The molecule has 0 unspecified atom stereocenters. The Kier molecular flexibility index (Phi) is 7.34. The van der Waals surface area contributed by atoms with Gasteiger partial charge in [-0.25, -0.2) is 9.97 Å². The highest BCUT2D eigenvalue weighted by Gasteiger charge is 2.13. The molecule has 1 aromatic heterocycles. The summed E-state index contributed by atoms with van der Waals surface area (Å²) in [5, 5.41) is 6.99. The first kappa shape index (κ1) is 16.7. The maximum Gasteiger partial charge on any atom is 0.134 e. The van der Waals surface area contributed by atoms with Gasteiger partial charge in [0.25, 0.3) is 0 Å². The SMILES string of the molecule is CCCNc1nc(CCC)nc(NC(CC)CC)c1C. The molecule has 1 rings (SSSR count). The highest BCUT2D eigenvalue weighted by Crippen LogP contribution is 2.22. The van der Waals surface area contributed by atoms with Crippen molar-refractivity contribution in [3.63, 3.8) is 0 Å². The van der Waals surface area contributed by atoms with Gasteiger partial charge in [0, 0.05) is 24.6 Å². The zero-order chi connectivity index (χ0) is 15.0. The van der Waals surface area contributed by atoms with Crippen LogP contribution < -0.4 is 10.6 Å². The number of aromatic nitrogens is 2. The molecule has 4 heteroatoms. The highest BCUT2D eigenvalue weighted by atomic mass is 15.1. The van der Waals surface area contributed by atoms with Gasteiger partial charge < -0.3 is 10.6 Å². The average molecular weight is 278 g/mol. The Morgan fingerprint density at radius 1 is 0.950 bits per heavy atom. The normalized spacial score (nSPS) is 10.9. The van der Waals surface area contributed by atoms with Gasteiger partial charge in [0.15, 0.2) is 0 Å². The van der Waals surface area contributed by atoms with E-state index in [2.05, 4.69) is 50.2 Å². The second kappa shape index (κ2) is 8.77. The van der Waals surface area contributed by atoms with Crippen molar-refractivity contribution in [2.45, 2.75) is 72.8 Å².